The second-order valence-corrected chi connectivity index (χ2v) is 6.36. The van der Waals surface area contributed by atoms with Crippen LogP contribution in [0.25, 0.3) is 0 Å². The number of piperidine rings is 1. The number of rotatable bonds is 4. The minimum Gasteiger partial charge on any atom is -0.367 e. The van der Waals surface area contributed by atoms with Crippen LogP contribution in [0, 0.1) is 5.82 Å². The Balaban J connectivity index is 1.55. The van der Waals surface area contributed by atoms with Crippen LogP contribution >= 0.6 is 0 Å². The van der Waals surface area contributed by atoms with E-state index in [0.717, 1.165) is 24.9 Å². The first-order valence-electron chi connectivity index (χ1n) is 8.60. The molecular weight excluding hydrogens is 319 g/mol. The van der Waals surface area contributed by atoms with Crippen molar-refractivity contribution in [3.8, 4) is 0 Å². The fraction of sp³-hybridized carbons (Fsp3) is 0.368. The molecule has 2 aromatic rings. The summed E-state index contributed by atoms with van der Waals surface area (Å²) in [7, 11) is 0. The SMILES string of the molecule is C[C@H](NC(=O)N[C@@H]1CCCN(c2ccccc2F)C1)c1cccnc1. The minimum absolute atomic E-state index is 0.00513. The average molecular weight is 342 g/mol. The van der Waals surface area contributed by atoms with Crippen LogP contribution in [-0.4, -0.2) is 30.1 Å². The molecule has 1 aromatic heterocycles. The smallest absolute Gasteiger partial charge is 0.315 e. The van der Waals surface area contributed by atoms with Gasteiger partial charge in [-0.05, 0) is 43.5 Å². The van der Waals surface area contributed by atoms with Crippen molar-refractivity contribution < 1.29 is 9.18 Å². The number of carbonyl (C=O) groups excluding carboxylic acids is 1. The molecule has 0 bridgehead atoms. The van der Waals surface area contributed by atoms with Crippen molar-refractivity contribution in [3.63, 3.8) is 0 Å². The van der Waals surface area contributed by atoms with Gasteiger partial charge < -0.3 is 15.5 Å². The second kappa shape index (κ2) is 7.96. The van der Waals surface area contributed by atoms with E-state index in [1.54, 1.807) is 24.5 Å². The highest BCUT2D eigenvalue weighted by atomic mass is 19.1. The molecule has 2 N–H and O–H groups in total. The van der Waals surface area contributed by atoms with E-state index in [0.29, 0.717) is 12.2 Å². The Morgan fingerprint density at radius 3 is 2.92 bits per heavy atom. The van der Waals surface area contributed by atoms with Crippen molar-refractivity contribution in [2.45, 2.75) is 31.8 Å². The second-order valence-electron chi connectivity index (χ2n) is 6.36. The molecule has 1 fully saturated rings. The summed E-state index contributed by atoms with van der Waals surface area (Å²) < 4.78 is 14.0. The molecular formula is C19H23FN4O. The maximum atomic E-state index is 14.0. The number of halogens is 1. The summed E-state index contributed by atoms with van der Waals surface area (Å²) in [6.45, 7) is 3.32. The van der Waals surface area contributed by atoms with E-state index in [9.17, 15) is 9.18 Å². The maximum absolute atomic E-state index is 14.0. The molecule has 3 rings (SSSR count). The van der Waals surface area contributed by atoms with Gasteiger partial charge in [0.25, 0.3) is 0 Å². The van der Waals surface area contributed by atoms with Crippen molar-refractivity contribution in [2.24, 2.45) is 0 Å². The number of nitrogens with zero attached hydrogens (tertiary/aromatic N) is 2. The maximum Gasteiger partial charge on any atom is 0.315 e. The molecule has 0 spiro atoms. The van der Waals surface area contributed by atoms with E-state index in [4.69, 9.17) is 0 Å². The highest BCUT2D eigenvalue weighted by molar-refractivity contribution is 5.74. The monoisotopic (exact) mass is 342 g/mol. The van der Waals surface area contributed by atoms with E-state index in [1.807, 2.05) is 30.0 Å². The Bertz CT molecular complexity index is 710. The summed E-state index contributed by atoms with van der Waals surface area (Å²) >= 11 is 0. The van der Waals surface area contributed by atoms with Crippen LogP contribution in [0.2, 0.25) is 0 Å². The van der Waals surface area contributed by atoms with Crippen molar-refractivity contribution in [1.29, 1.82) is 0 Å². The zero-order valence-corrected chi connectivity index (χ0v) is 14.3. The van der Waals surface area contributed by atoms with Gasteiger partial charge in [-0.3, -0.25) is 4.98 Å². The zero-order valence-electron chi connectivity index (χ0n) is 14.3. The third kappa shape index (κ3) is 4.47. The van der Waals surface area contributed by atoms with Crippen LogP contribution < -0.4 is 15.5 Å². The lowest BCUT2D eigenvalue weighted by Crippen LogP contribution is -2.51. The van der Waals surface area contributed by atoms with E-state index < -0.39 is 0 Å². The highest BCUT2D eigenvalue weighted by Gasteiger charge is 2.23. The first-order valence-corrected chi connectivity index (χ1v) is 8.60. The topological polar surface area (TPSA) is 57.3 Å². The predicted octanol–water partition coefficient (Wildman–Crippen LogP) is 3.25. The Hall–Kier alpha value is -2.63. The molecule has 1 aliphatic heterocycles. The number of para-hydroxylation sites is 1. The van der Waals surface area contributed by atoms with Crippen molar-refractivity contribution >= 4 is 11.7 Å². The van der Waals surface area contributed by atoms with Gasteiger partial charge in [-0.15, -0.1) is 0 Å². The summed E-state index contributed by atoms with van der Waals surface area (Å²) in [5.41, 5.74) is 1.55. The first kappa shape index (κ1) is 17.2. The number of hydrogen-bond donors (Lipinski definition) is 2. The number of anilines is 1. The number of hydrogen-bond acceptors (Lipinski definition) is 3. The molecule has 2 atom stereocenters. The number of benzene rings is 1. The molecule has 1 aromatic carbocycles. The Kier molecular flexibility index (Phi) is 5.48. The van der Waals surface area contributed by atoms with E-state index in [1.165, 1.54) is 6.07 Å². The van der Waals surface area contributed by atoms with Crippen LogP contribution in [0.1, 0.15) is 31.4 Å². The van der Waals surface area contributed by atoms with Crippen molar-refractivity contribution in [1.82, 2.24) is 15.6 Å². The molecule has 0 unspecified atom stereocenters. The van der Waals surface area contributed by atoms with E-state index in [-0.39, 0.29) is 23.9 Å². The Morgan fingerprint density at radius 1 is 1.32 bits per heavy atom. The van der Waals surface area contributed by atoms with Crippen LogP contribution in [0.5, 0.6) is 0 Å². The predicted molar refractivity (Wildman–Crippen MR) is 96.0 cm³/mol. The summed E-state index contributed by atoms with van der Waals surface area (Å²) in [6.07, 6.45) is 5.25. The van der Waals surface area contributed by atoms with Gasteiger partial charge in [0.2, 0.25) is 0 Å². The third-order valence-electron chi connectivity index (χ3n) is 4.48. The van der Waals surface area contributed by atoms with Gasteiger partial charge in [0.1, 0.15) is 5.82 Å². The molecule has 25 heavy (non-hydrogen) atoms. The van der Waals surface area contributed by atoms with Crippen molar-refractivity contribution in [3.05, 3.63) is 60.2 Å². The van der Waals surface area contributed by atoms with Crippen LogP contribution in [0.4, 0.5) is 14.9 Å². The lowest BCUT2D eigenvalue weighted by atomic mass is 10.0. The number of pyridine rings is 1. The standard InChI is InChI=1S/C19H23FN4O/c1-14(15-6-4-10-21-12-15)22-19(25)23-16-7-5-11-24(13-16)18-9-3-2-8-17(18)20/h2-4,6,8-10,12,14,16H,5,7,11,13H2,1H3,(H2,22,23,25)/t14-,16+/m0/s1. The van der Waals surface area contributed by atoms with Gasteiger partial charge >= 0.3 is 6.03 Å². The minimum atomic E-state index is -0.224. The largest absolute Gasteiger partial charge is 0.367 e. The molecule has 6 heteroatoms. The summed E-state index contributed by atoms with van der Waals surface area (Å²) in [6, 6.07) is 10.2. The Morgan fingerprint density at radius 2 is 2.16 bits per heavy atom. The summed E-state index contributed by atoms with van der Waals surface area (Å²) in [5, 5.41) is 5.93. The van der Waals surface area contributed by atoms with Gasteiger partial charge in [0.15, 0.2) is 0 Å². The number of nitrogens with one attached hydrogen (secondary N) is 2. The molecule has 0 radical (unpaired) electrons. The van der Waals surface area contributed by atoms with Gasteiger partial charge in [-0.2, -0.15) is 0 Å². The molecule has 2 heterocycles. The molecule has 1 saturated heterocycles. The fourth-order valence-electron chi connectivity index (χ4n) is 3.16. The average Bonchev–Trinajstić information content (AvgIpc) is 2.63. The Labute approximate surface area is 147 Å². The zero-order chi connectivity index (χ0) is 17.6. The van der Waals surface area contributed by atoms with Gasteiger partial charge in [-0.1, -0.05) is 18.2 Å². The lowest BCUT2D eigenvalue weighted by molar-refractivity contribution is 0.232. The van der Waals surface area contributed by atoms with Gasteiger partial charge in [0.05, 0.1) is 11.7 Å². The van der Waals surface area contributed by atoms with Gasteiger partial charge in [0, 0.05) is 31.5 Å². The highest BCUT2D eigenvalue weighted by Crippen LogP contribution is 2.23. The molecule has 2 amide bonds. The number of urea groups is 1. The normalized spacial score (nSPS) is 18.5. The quantitative estimate of drug-likeness (QED) is 0.897. The van der Waals surface area contributed by atoms with Crippen LogP contribution in [-0.2, 0) is 0 Å². The fourth-order valence-corrected chi connectivity index (χ4v) is 3.16. The molecule has 0 aliphatic carbocycles. The third-order valence-corrected chi connectivity index (χ3v) is 4.48. The summed E-state index contributed by atoms with van der Waals surface area (Å²) in [4.78, 5) is 18.3. The van der Waals surface area contributed by atoms with E-state index in [2.05, 4.69) is 15.6 Å². The van der Waals surface area contributed by atoms with E-state index >= 15 is 0 Å². The van der Waals surface area contributed by atoms with Crippen LogP contribution in [0.3, 0.4) is 0 Å². The molecule has 5 nitrogen and oxygen atoms in total. The summed E-state index contributed by atoms with van der Waals surface area (Å²) in [5.74, 6) is -0.224. The molecule has 0 saturated carbocycles. The number of aromatic nitrogens is 1. The van der Waals surface area contributed by atoms with Crippen molar-refractivity contribution in [2.75, 3.05) is 18.0 Å². The first-order chi connectivity index (χ1) is 12.1. The van der Waals surface area contributed by atoms with Gasteiger partial charge in [-0.25, -0.2) is 9.18 Å². The van der Waals surface area contributed by atoms with Crippen LogP contribution in [0.15, 0.2) is 48.8 Å². The number of carbonyl (C=O) groups is 1. The lowest BCUT2D eigenvalue weighted by Gasteiger charge is -2.35. The molecule has 1 aliphatic rings. The number of amides is 2. The molecule has 132 valence electrons.